The molecule has 0 radical (unpaired) electrons. The number of hydrogen-bond acceptors (Lipinski definition) is 2. The van der Waals surface area contributed by atoms with Crippen molar-refractivity contribution in [2.45, 2.75) is 47.2 Å². The molecular weight excluding hydrogens is 234 g/mol. The predicted molar refractivity (Wildman–Crippen MR) is 79.3 cm³/mol. The number of nitrogens with zero attached hydrogens (tertiary/aromatic N) is 2. The van der Waals surface area contributed by atoms with Crippen molar-refractivity contribution in [3.05, 3.63) is 51.8 Å². The minimum absolute atomic E-state index is 0.111. The van der Waals surface area contributed by atoms with E-state index < -0.39 is 0 Å². The molecule has 2 N–H and O–H groups in total. The molecule has 0 saturated heterocycles. The molecule has 19 heavy (non-hydrogen) atoms. The fourth-order valence-electron chi connectivity index (χ4n) is 2.55. The average molecular weight is 257 g/mol. The largest absolute Gasteiger partial charge is 0.319 e. The molecule has 0 aliphatic rings. The van der Waals surface area contributed by atoms with E-state index in [-0.39, 0.29) is 6.04 Å². The Morgan fingerprint density at radius 2 is 1.68 bits per heavy atom. The summed E-state index contributed by atoms with van der Waals surface area (Å²) >= 11 is 0. The van der Waals surface area contributed by atoms with E-state index in [1.165, 1.54) is 22.3 Å². The standard InChI is InChI=1S/C16H23N3/c1-6-19-15(9-13(5)18-19)16(17)14-8-11(3)10(2)7-12(14)4/h7-9,16H,6,17H2,1-5H3. The first kappa shape index (κ1) is 13.8. The van der Waals surface area contributed by atoms with Crippen LogP contribution in [-0.2, 0) is 6.54 Å². The summed E-state index contributed by atoms with van der Waals surface area (Å²) in [6.45, 7) is 11.3. The van der Waals surface area contributed by atoms with Crippen LogP contribution in [0, 0.1) is 27.7 Å². The van der Waals surface area contributed by atoms with Gasteiger partial charge in [0.05, 0.1) is 17.4 Å². The van der Waals surface area contributed by atoms with Crippen LogP contribution in [0.4, 0.5) is 0 Å². The first-order valence-electron chi connectivity index (χ1n) is 6.81. The van der Waals surface area contributed by atoms with E-state index in [1.54, 1.807) is 0 Å². The van der Waals surface area contributed by atoms with Gasteiger partial charge in [-0.15, -0.1) is 0 Å². The van der Waals surface area contributed by atoms with Crippen LogP contribution in [0.25, 0.3) is 0 Å². The maximum absolute atomic E-state index is 6.46. The topological polar surface area (TPSA) is 43.8 Å². The lowest BCUT2D eigenvalue weighted by Crippen LogP contribution is -2.18. The zero-order valence-corrected chi connectivity index (χ0v) is 12.5. The second-order valence-corrected chi connectivity index (χ2v) is 5.30. The van der Waals surface area contributed by atoms with Crippen molar-refractivity contribution < 1.29 is 0 Å². The number of benzene rings is 1. The van der Waals surface area contributed by atoms with Crippen LogP contribution in [0.5, 0.6) is 0 Å². The molecule has 2 aromatic rings. The first-order chi connectivity index (χ1) is 8.93. The minimum Gasteiger partial charge on any atom is -0.319 e. The Labute approximate surface area is 115 Å². The van der Waals surface area contributed by atoms with Gasteiger partial charge in [0.25, 0.3) is 0 Å². The summed E-state index contributed by atoms with van der Waals surface area (Å²) in [6, 6.07) is 6.39. The Morgan fingerprint density at radius 1 is 1.05 bits per heavy atom. The Kier molecular flexibility index (Phi) is 3.76. The quantitative estimate of drug-likeness (QED) is 0.917. The van der Waals surface area contributed by atoms with Crippen molar-refractivity contribution in [3.63, 3.8) is 0 Å². The van der Waals surface area contributed by atoms with Crippen LogP contribution in [0.1, 0.15) is 46.6 Å². The molecular formula is C16H23N3. The van der Waals surface area contributed by atoms with Gasteiger partial charge in [0, 0.05) is 6.54 Å². The molecule has 3 heteroatoms. The van der Waals surface area contributed by atoms with Crippen LogP contribution < -0.4 is 5.73 Å². The van der Waals surface area contributed by atoms with Gasteiger partial charge in [0.1, 0.15) is 0 Å². The Balaban J connectivity index is 2.49. The zero-order valence-electron chi connectivity index (χ0n) is 12.5. The normalized spacial score (nSPS) is 12.7. The second kappa shape index (κ2) is 5.17. The molecule has 0 spiro atoms. The number of hydrogen-bond donors (Lipinski definition) is 1. The summed E-state index contributed by atoms with van der Waals surface area (Å²) in [5.41, 5.74) is 13.6. The van der Waals surface area contributed by atoms with E-state index in [9.17, 15) is 0 Å². The Morgan fingerprint density at radius 3 is 2.32 bits per heavy atom. The number of aromatic nitrogens is 2. The van der Waals surface area contributed by atoms with Gasteiger partial charge in [-0.3, -0.25) is 4.68 Å². The second-order valence-electron chi connectivity index (χ2n) is 5.30. The van der Waals surface area contributed by atoms with Crippen LogP contribution >= 0.6 is 0 Å². The molecule has 0 saturated carbocycles. The van der Waals surface area contributed by atoms with Crippen molar-refractivity contribution in [2.24, 2.45) is 5.73 Å². The van der Waals surface area contributed by atoms with Gasteiger partial charge in [-0.25, -0.2) is 0 Å². The molecule has 102 valence electrons. The van der Waals surface area contributed by atoms with Crippen LogP contribution in [0.3, 0.4) is 0 Å². The lowest BCUT2D eigenvalue weighted by atomic mass is 9.94. The van der Waals surface area contributed by atoms with Gasteiger partial charge in [-0.05, 0) is 62.9 Å². The SMILES string of the molecule is CCn1nc(C)cc1C(N)c1cc(C)c(C)cc1C. The molecule has 1 unspecified atom stereocenters. The monoisotopic (exact) mass is 257 g/mol. The Hall–Kier alpha value is -1.61. The van der Waals surface area contributed by atoms with Gasteiger partial charge < -0.3 is 5.73 Å². The highest BCUT2D eigenvalue weighted by Crippen LogP contribution is 2.26. The smallest absolute Gasteiger partial charge is 0.0726 e. The number of rotatable bonds is 3. The van der Waals surface area contributed by atoms with Gasteiger partial charge in [-0.2, -0.15) is 5.10 Å². The zero-order chi connectivity index (χ0) is 14.2. The third-order valence-corrected chi connectivity index (χ3v) is 3.77. The molecule has 0 bridgehead atoms. The number of aryl methyl sites for hydroxylation is 5. The summed E-state index contributed by atoms with van der Waals surface area (Å²) < 4.78 is 1.99. The van der Waals surface area contributed by atoms with Crippen LogP contribution in [0.15, 0.2) is 18.2 Å². The summed E-state index contributed by atoms with van der Waals surface area (Å²) in [5, 5.41) is 4.48. The summed E-state index contributed by atoms with van der Waals surface area (Å²) in [7, 11) is 0. The molecule has 0 aliphatic carbocycles. The van der Waals surface area contributed by atoms with Gasteiger partial charge >= 0.3 is 0 Å². The molecule has 1 atom stereocenters. The third kappa shape index (κ3) is 2.56. The molecule has 0 amide bonds. The fraction of sp³-hybridized carbons (Fsp3) is 0.438. The average Bonchev–Trinajstić information content (AvgIpc) is 2.74. The lowest BCUT2D eigenvalue weighted by molar-refractivity contribution is 0.596. The number of nitrogens with two attached hydrogens (primary N) is 1. The molecule has 1 aromatic carbocycles. The van der Waals surface area contributed by atoms with Crippen molar-refractivity contribution in [3.8, 4) is 0 Å². The summed E-state index contributed by atoms with van der Waals surface area (Å²) in [4.78, 5) is 0. The van der Waals surface area contributed by atoms with Crippen molar-refractivity contribution in [2.75, 3.05) is 0 Å². The molecule has 3 nitrogen and oxygen atoms in total. The third-order valence-electron chi connectivity index (χ3n) is 3.77. The van der Waals surface area contributed by atoms with E-state index in [0.29, 0.717) is 0 Å². The first-order valence-corrected chi connectivity index (χ1v) is 6.81. The summed E-state index contributed by atoms with van der Waals surface area (Å²) in [5.74, 6) is 0. The van der Waals surface area contributed by atoms with Crippen LogP contribution in [0.2, 0.25) is 0 Å². The van der Waals surface area contributed by atoms with Crippen molar-refractivity contribution >= 4 is 0 Å². The fourth-order valence-corrected chi connectivity index (χ4v) is 2.55. The van der Waals surface area contributed by atoms with Crippen molar-refractivity contribution in [1.82, 2.24) is 9.78 Å². The summed E-state index contributed by atoms with van der Waals surface area (Å²) in [6.07, 6.45) is 0. The van der Waals surface area contributed by atoms with E-state index in [1.807, 2.05) is 11.6 Å². The molecule has 0 aliphatic heterocycles. The van der Waals surface area contributed by atoms with Crippen molar-refractivity contribution in [1.29, 1.82) is 0 Å². The van der Waals surface area contributed by atoms with E-state index in [2.05, 4.69) is 51.0 Å². The van der Waals surface area contributed by atoms with Gasteiger partial charge in [0.2, 0.25) is 0 Å². The highest BCUT2D eigenvalue weighted by atomic mass is 15.3. The minimum atomic E-state index is -0.111. The maximum atomic E-state index is 6.46. The maximum Gasteiger partial charge on any atom is 0.0726 e. The predicted octanol–water partition coefficient (Wildman–Crippen LogP) is 3.18. The van der Waals surface area contributed by atoms with Crippen LogP contribution in [-0.4, -0.2) is 9.78 Å². The Bertz CT molecular complexity index is 596. The van der Waals surface area contributed by atoms with E-state index in [4.69, 9.17) is 5.73 Å². The highest BCUT2D eigenvalue weighted by Gasteiger charge is 2.17. The van der Waals surface area contributed by atoms with Gasteiger partial charge in [-0.1, -0.05) is 12.1 Å². The van der Waals surface area contributed by atoms with E-state index in [0.717, 1.165) is 17.9 Å². The lowest BCUT2D eigenvalue weighted by Gasteiger charge is -2.18. The molecule has 1 heterocycles. The van der Waals surface area contributed by atoms with Gasteiger partial charge in [0.15, 0.2) is 0 Å². The molecule has 1 aromatic heterocycles. The molecule has 0 fully saturated rings. The highest BCUT2D eigenvalue weighted by molar-refractivity contribution is 5.41. The molecule has 2 rings (SSSR count). The van der Waals surface area contributed by atoms with E-state index >= 15 is 0 Å².